The summed E-state index contributed by atoms with van der Waals surface area (Å²) in [6.07, 6.45) is 1.09. The minimum Gasteiger partial charge on any atom is -0.373 e. The van der Waals surface area contributed by atoms with Crippen LogP contribution in [0.1, 0.15) is 48.2 Å². The summed E-state index contributed by atoms with van der Waals surface area (Å²) in [5.74, 6) is -0.0646. The predicted octanol–water partition coefficient (Wildman–Crippen LogP) is 2.74. The topological polar surface area (TPSA) is 92.2 Å². The van der Waals surface area contributed by atoms with E-state index in [9.17, 15) is 9.59 Å². The molecule has 3 aromatic rings. The average Bonchev–Trinajstić information content (AvgIpc) is 3.05. The maximum atomic E-state index is 12.7. The number of aromatic amines is 1. The van der Waals surface area contributed by atoms with Gasteiger partial charge in [-0.25, -0.2) is 0 Å². The van der Waals surface area contributed by atoms with Crippen LogP contribution in [0.3, 0.4) is 0 Å². The highest BCUT2D eigenvalue weighted by molar-refractivity contribution is 5.83. The SMILES string of the molecule is Cc1nn(C)c2[nH]c(=O)c(CCC(=O)NCc3ccccc3CN3CC(C)OC(C)C3)c(C)c12. The van der Waals surface area contributed by atoms with Crippen LogP contribution in [0.4, 0.5) is 0 Å². The van der Waals surface area contributed by atoms with Gasteiger partial charge in [0, 0.05) is 50.6 Å². The van der Waals surface area contributed by atoms with Crippen LogP contribution >= 0.6 is 0 Å². The number of nitrogens with zero attached hydrogens (tertiary/aromatic N) is 3. The Balaban J connectivity index is 1.38. The summed E-state index contributed by atoms with van der Waals surface area (Å²) >= 11 is 0. The first kappa shape index (κ1) is 24.2. The quantitative estimate of drug-likeness (QED) is 0.560. The summed E-state index contributed by atoms with van der Waals surface area (Å²) in [5, 5.41) is 8.41. The van der Waals surface area contributed by atoms with Gasteiger partial charge >= 0.3 is 0 Å². The molecule has 0 radical (unpaired) electrons. The lowest BCUT2D eigenvalue weighted by Gasteiger charge is -2.35. The van der Waals surface area contributed by atoms with E-state index >= 15 is 0 Å². The Bertz CT molecular complexity index is 1240. The summed E-state index contributed by atoms with van der Waals surface area (Å²) in [6, 6.07) is 8.24. The minimum atomic E-state index is -0.153. The molecule has 4 rings (SSSR count). The van der Waals surface area contributed by atoms with E-state index in [0.717, 1.165) is 41.8 Å². The van der Waals surface area contributed by atoms with Crippen LogP contribution in [0.5, 0.6) is 0 Å². The number of morpholine rings is 1. The van der Waals surface area contributed by atoms with Crippen LogP contribution < -0.4 is 10.9 Å². The van der Waals surface area contributed by atoms with Crippen molar-refractivity contribution < 1.29 is 9.53 Å². The molecule has 1 aliphatic heterocycles. The highest BCUT2D eigenvalue weighted by Crippen LogP contribution is 2.21. The zero-order valence-corrected chi connectivity index (χ0v) is 20.8. The Hall–Kier alpha value is -2.97. The second kappa shape index (κ2) is 10.1. The van der Waals surface area contributed by atoms with E-state index in [1.807, 2.05) is 33.0 Å². The van der Waals surface area contributed by atoms with Crippen LogP contribution in [0, 0.1) is 13.8 Å². The Labute approximate surface area is 200 Å². The van der Waals surface area contributed by atoms with Gasteiger partial charge < -0.3 is 15.0 Å². The van der Waals surface area contributed by atoms with Gasteiger partial charge in [0.05, 0.1) is 17.9 Å². The molecule has 1 amide bonds. The fraction of sp³-hybridized carbons (Fsp3) is 0.500. The van der Waals surface area contributed by atoms with Crippen LogP contribution in [0.2, 0.25) is 0 Å². The number of H-pyrrole nitrogens is 1. The van der Waals surface area contributed by atoms with Crippen molar-refractivity contribution in [3.63, 3.8) is 0 Å². The molecule has 2 aromatic heterocycles. The van der Waals surface area contributed by atoms with Gasteiger partial charge in [-0.3, -0.25) is 19.2 Å². The van der Waals surface area contributed by atoms with Crippen LogP contribution in [0.15, 0.2) is 29.1 Å². The summed E-state index contributed by atoms with van der Waals surface area (Å²) in [5.41, 5.74) is 5.32. The highest BCUT2D eigenvalue weighted by atomic mass is 16.5. The van der Waals surface area contributed by atoms with E-state index in [2.05, 4.69) is 46.3 Å². The van der Waals surface area contributed by atoms with Gasteiger partial charge in [-0.1, -0.05) is 24.3 Å². The average molecular weight is 466 g/mol. The molecule has 2 atom stereocenters. The molecule has 1 fully saturated rings. The zero-order valence-electron chi connectivity index (χ0n) is 20.8. The first-order valence-corrected chi connectivity index (χ1v) is 12.0. The number of carbonyl (C=O) groups is 1. The van der Waals surface area contributed by atoms with Crippen molar-refractivity contribution >= 4 is 16.9 Å². The first-order chi connectivity index (χ1) is 16.2. The molecule has 34 heavy (non-hydrogen) atoms. The van der Waals surface area contributed by atoms with Gasteiger partial charge in [-0.05, 0) is 50.8 Å². The van der Waals surface area contributed by atoms with Crippen molar-refractivity contribution in [1.82, 2.24) is 25.0 Å². The molecule has 1 aliphatic rings. The number of ether oxygens (including phenoxy) is 1. The minimum absolute atomic E-state index is 0.0646. The largest absolute Gasteiger partial charge is 0.373 e. The van der Waals surface area contributed by atoms with Gasteiger partial charge in [-0.15, -0.1) is 0 Å². The van der Waals surface area contributed by atoms with Crippen molar-refractivity contribution in [3.05, 3.63) is 62.6 Å². The lowest BCUT2D eigenvalue weighted by Crippen LogP contribution is -2.45. The molecule has 0 aliphatic carbocycles. The smallest absolute Gasteiger partial charge is 0.253 e. The molecule has 8 nitrogen and oxygen atoms in total. The van der Waals surface area contributed by atoms with E-state index in [0.29, 0.717) is 24.2 Å². The van der Waals surface area contributed by atoms with Crippen molar-refractivity contribution in [2.24, 2.45) is 7.05 Å². The Morgan fingerprint density at radius 1 is 1.18 bits per heavy atom. The number of aromatic nitrogens is 3. The van der Waals surface area contributed by atoms with Crippen LogP contribution in [0.25, 0.3) is 11.0 Å². The number of aryl methyl sites for hydroxylation is 3. The Kier molecular flexibility index (Phi) is 7.19. The molecule has 1 aromatic carbocycles. The van der Waals surface area contributed by atoms with E-state index in [4.69, 9.17) is 4.74 Å². The number of amides is 1. The van der Waals surface area contributed by atoms with Crippen molar-refractivity contribution in [2.75, 3.05) is 13.1 Å². The molecular weight excluding hydrogens is 430 g/mol. The molecule has 2 unspecified atom stereocenters. The van der Waals surface area contributed by atoms with Gasteiger partial charge in [0.15, 0.2) is 0 Å². The zero-order chi connectivity index (χ0) is 24.4. The van der Waals surface area contributed by atoms with Crippen molar-refractivity contribution in [1.29, 1.82) is 0 Å². The number of carbonyl (C=O) groups excluding carboxylic acids is 1. The molecule has 0 spiro atoms. The molecule has 182 valence electrons. The summed E-state index contributed by atoms with van der Waals surface area (Å²) < 4.78 is 7.53. The lowest BCUT2D eigenvalue weighted by atomic mass is 10.0. The third-order valence-electron chi connectivity index (χ3n) is 6.64. The molecule has 0 saturated carbocycles. The predicted molar refractivity (Wildman–Crippen MR) is 133 cm³/mol. The van der Waals surface area contributed by atoms with Crippen molar-refractivity contribution in [3.8, 4) is 0 Å². The van der Waals surface area contributed by atoms with Crippen LogP contribution in [-0.2, 0) is 36.1 Å². The van der Waals surface area contributed by atoms with E-state index in [1.54, 1.807) is 4.68 Å². The first-order valence-electron chi connectivity index (χ1n) is 12.0. The molecule has 3 heterocycles. The number of fused-ring (bicyclic) bond motifs is 1. The Morgan fingerprint density at radius 2 is 1.85 bits per heavy atom. The fourth-order valence-electron chi connectivity index (χ4n) is 5.12. The van der Waals surface area contributed by atoms with Gasteiger partial charge in [0.2, 0.25) is 5.91 Å². The summed E-state index contributed by atoms with van der Waals surface area (Å²) in [4.78, 5) is 30.6. The van der Waals surface area contributed by atoms with Gasteiger partial charge in [-0.2, -0.15) is 5.10 Å². The van der Waals surface area contributed by atoms with E-state index < -0.39 is 0 Å². The van der Waals surface area contributed by atoms with E-state index in [-0.39, 0.29) is 30.1 Å². The Morgan fingerprint density at radius 3 is 2.56 bits per heavy atom. The van der Waals surface area contributed by atoms with Crippen molar-refractivity contribution in [2.45, 2.75) is 65.8 Å². The second-order valence-corrected chi connectivity index (χ2v) is 9.49. The normalized spacial score (nSPS) is 19.0. The van der Waals surface area contributed by atoms with Gasteiger partial charge in [0.25, 0.3) is 5.56 Å². The number of nitrogens with one attached hydrogen (secondary N) is 2. The maximum Gasteiger partial charge on any atom is 0.253 e. The number of benzene rings is 1. The number of hydrogen-bond acceptors (Lipinski definition) is 5. The summed E-state index contributed by atoms with van der Waals surface area (Å²) in [6.45, 7) is 11.2. The number of pyridine rings is 1. The molecular formula is C26H35N5O3. The third-order valence-corrected chi connectivity index (χ3v) is 6.64. The van der Waals surface area contributed by atoms with E-state index in [1.165, 1.54) is 5.56 Å². The monoisotopic (exact) mass is 465 g/mol. The molecule has 8 heteroatoms. The number of hydrogen-bond donors (Lipinski definition) is 2. The summed E-state index contributed by atoms with van der Waals surface area (Å²) in [7, 11) is 1.82. The van der Waals surface area contributed by atoms with Gasteiger partial charge in [0.1, 0.15) is 5.65 Å². The molecule has 1 saturated heterocycles. The number of rotatable bonds is 7. The highest BCUT2D eigenvalue weighted by Gasteiger charge is 2.23. The third kappa shape index (κ3) is 5.23. The second-order valence-electron chi connectivity index (χ2n) is 9.49. The standard InChI is InChI=1S/C26H35N5O3/c1-16-13-31(14-17(2)34-16)15-21-9-7-6-8-20(21)12-27-23(32)11-10-22-18(3)24-19(4)29-30(5)25(24)28-26(22)33/h6-9,16-17H,10-15H2,1-5H3,(H,27,32)(H,28,33). The molecule has 0 bridgehead atoms. The van der Waals surface area contributed by atoms with Crippen LogP contribution in [-0.4, -0.2) is 50.9 Å². The lowest BCUT2D eigenvalue weighted by molar-refractivity contribution is -0.121. The molecule has 2 N–H and O–H groups in total. The maximum absolute atomic E-state index is 12.7. The fourth-order valence-corrected chi connectivity index (χ4v) is 5.12.